The summed E-state index contributed by atoms with van der Waals surface area (Å²) in [4.78, 5) is 26.7. The van der Waals surface area contributed by atoms with Crippen LogP contribution in [-0.4, -0.2) is 24.3 Å². The third kappa shape index (κ3) is 4.22. The number of nitrogens with zero attached hydrogens (tertiary/aromatic N) is 2. The number of ether oxygens (including phenoxy) is 1. The van der Waals surface area contributed by atoms with Gasteiger partial charge in [-0.2, -0.15) is 10.1 Å². The van der Waals surface area contributed by atoms with E-state index in [1.54, 1.807) is 6.21 Å². The number of benzene rings is 1. The molecule has 6 nitrogen and oxygen atoms in total. The molecule has 0 aliphatic heterocycles. The molecule has 0 saturated carbocycles. The van der Waals surface area contributed by atoms with Gasteiger partial charge in [0, 0.05) is 6.07 Å². The predicted octanol–water partition coefficient (Wildman–Crippen LogP) is 2.04. The van der Waals surface area contributed by atoms with E-state index in [0.717, 1.165) is 28.5 Å². The molecule has 2 aromatic rings. The highest BCUT2D eigenvalue weighted by Crippen LogP contribution is 2.14. The molecule has 0 unspecified atom stereocenters. The molecular formula is C14H13N3O3S. The lowest BCUT2D eigenvalue weighted by atomic mass is 10.2. The van der Waals surface area contributed by atoms with Crippen LogP contribution in [0.5, 0.6) is 0 Å². The van der Waals surface area contributed by atoms with Crippen molar-refractivity contribution in [3.05, 3.63) is 56.7 Å². The number of hydrazone groups is 1. The third-order valence-corrected chi connectivity index (χ3v) is 3.39. The number of carbonyl (C=O) groups excluding carboxylic acids is 1. The third-order valence-electron chi connectivity index (χ3n) is 2.51. The summed E-state index contributed by atoms with van der Waals surface area (Å²) in [7, 11) is 1.25. The minimum atomic E-state index is -0.579. The first-order chi connectivity index (χ1) is 10.1. The van der Waals surface area contributed by atoms with Crippen molar-refractivity contribution >= 4 is 28.7 Å². The van der Waals surface area contributed by atoms with Crippen LogP contribution >= 0.6 is 11.3 Å². The molecule has 0 bridgehead atoms. The van der Waals surface area contributed by atoms with Crippen LogP contribution in [0.1, 0.15) is 20.8 Å². The zero-order valence-corrected chi connectivity index (χ0v) is 12.3. The monoisotopic (exact) mass is 303 g/mol. The van der Waals surface area contributed by atoms with Gasteiger partial charge in [0.1, 0.15) is 4.88 Å². The fourth-order valence-electron chi connectivity index (χ4n) is 1.46. The fourth-order valence-corrected chi connectivity index (χ4v) is 2.23. The quantitative estimate of drug-likeness (QED) is 0.531. The average Bonchev–Trinajstić information content (AvgIpc) is 2.48. The van der Waals surface area contributed by atoms with Gasteiger partial charge in [-0.25, -0.2) is 4.79 Å². The lowest BCUT2D eigenvalue weighted by Gasteiger charge is -2.00. The number of esters is 1. The van der Waals surface area contributed by atoms with E-state index in [1.165, 1.54) is 7.11 Å². The summed E-state index contributed by atoms with van der Waals surface area (Å²) in [6.07, 6.45) is 1.60. The molecule has 0 saturated heterocycles. The molecule has 1 heterocycles. The van der Waals surface area contributed by atoms with Crippen LogP contribution in [0.2, 0.25) is 0 Å². The van der Waals surface area contributed by atoms with Crippen LogP contribution in [0.4, 0.5) is 5.13 Å². The van der Waals surface area contributed by atoms with Gasteiger partial charge >= 0.3 is 5.97 Å². The van der Waals surface area contributed by atoms with Gasteiger partial charge in [-0.1, -0.05) is 41.2 Å². The van der Waals surface area contributed by atoms with Crippen LogP contribution in [0, 0.1) is 6.92 Å². The molecule has 0 aliphatic carbocycles. The molecule has 0 radical (unpaired) electrons. The van der Waals surface area contributed by atoms with E-state index < -0.39 is 11.5 Å². The standard InChI is InChI=1S/C14H13N3O3S/c1-9-3-5-10(6-4-9)8-15-17-14-16-12(18)7-11(21-14)13(19)20-2/h3-8H,1-2H3,(H,16,17,18)/b15-8+. The van der Waals surface area contributed by atoms with Gasteiger partial charge in [0.15, 0.2) is 0 Å². The first kappa shape index (κ1) is 14.9. The Morgan fingerprint density at radius 3 is 2.76 bits per heavy atom. The van der Waals surface area contributed by atoms with E-state index >= 15 is 0 Å². The van der Waals surface area contributed by atoms with Crippen LogP contribution in [0.25, 0.3) is 0 Å². The SMILES string of the molecule is COC(=O)c1cc(=O)nc(N/N=C/c2ccc(C)cc2)s1. The van der Waals surface area contributed by atoms with E-state index in [2.05, 4.69) is 20.2 Å². The van der Waals surface area contributed by atoms with E-state index in [1.807, 2.05) is 31.2 Å². The van der Waals surface area contributed by atoms with Crippen LogP contribution in [0.15, 0.2) is 40.2 Å². The molecule has 2 rings (SSSR count). The normalized spacial score (nSPS) is 10.6. The van der Waals surface area contributed by atoms with Crippen molar-refractivity contribution in [2.24, 2.45) is 5.10 Å². The Morgan fingerprint density at radius 1 is 1.38 bits per heavy atom. The number of aromatic nitrogens is 1. The second-order valence-electron chi connectivity index (χ2n) is 4.14. The number of aryl methyl sites for hydroxylation is 1. The lowest BCUT2D eigenvalue weighted by molar-refractivity contribution is 0.0606. The molecule has 1 aromatic carbocycles. The molecule has 0 amide bonds. The molecule has 0 spiro atoms. The molecule has 0 atom stereocenters. The molecule has 0 fully saturated rings. The largest absolute Gasteiger partial charge is 0.465 e. The topological polar surface area (TPSA) is 80.7 Å². The highest BCUT2D eigenvalue weighted by atomic mass is 32.1. The zero-order valence-electron chi connectivity index (χ0n) is 11.5. The van der Waals surface area contributed by atoms with Crippen LogP contribution in [0.3, 0.4) is 0 Å². The summed E-state index contributed by atoms with van der Waals surface area (Å²) >= 11 is 0.996. The Kier molecular flexibility index (Phi) is 4.78. The molecule has 1 N–H and O–H groups in total. The summed E-state index contributed by atoms with van der Waals surface area (Å²) in [6.45, 7) is 2.00. The number of rotatable bonds is 4. The summed E-state index contributed by atoms with van der Waals surface area (Å²) in [6, 6.07) is 8.90. The highest BCUT2D eigenvalue weighted by molar-refractivity contribution is 7.17. The van der Waals surface area contributed by atoms with Crippen molar-refractivity contribution in [3.8, 4) is 0 Å². The van der Waals surface area contributed by atoms with Crippen molar-refractivity contribution in [2.75, 3.05) is 12.5 Å². The molecular weight excluding hydrogens is 290 g/mol. The highest BCUT2D eigenvalue weighted by Gasteiger charge is 2.09. The minimum absolute atomic E-state index is 0.172. The van der Waals surface area contributed by atoms with Crippen LogP contribution in [-0.2, 0) is 4.74 Å². The van der Waals surface area contributed by atoms with Gasteiger partial charge in [0.25, 0.3) is 5.56 Å². The van der Waals surface area contributed by atoms with Crippen LogP contribution < -0.4 is 11.0 Å². The second kappa shape index (κ2) is 6.76. The van der Waals surface area contributed by atoms with Gasteiger partial charge in [-0.3, -0.25) is 10.2 Å². The zero-order chi connectivity index (χ0) is 15.2. The fraction of sp³-hybridized carbons (Fsp3) is 0.143. The first-order valence-corrected chi connectivity index (χ1v) is 6.86. The minimum Gasteiger partial charge on any atom is -0.465 e. The molecule has 0 aliphatic rings. The van der Waals surface area contributed by atoms with E-state index in [4.69, 9.17) is 0 Å². The number of hydrogen-bond donors (Lipinski definition) is 1. The maximum atomic E-state index is 11.4. The van der Waals surface area contributed by atoms with Gasteiger partial charge in [-0.05, 0) is 12.5 Å². The maximum absolute atomic E-state index is 11.4. The number of hydrogen-bond acceptors (Lipinski definition) is 7. The van der Waals surface area contributed by atoms with E-state index in [0.29, 0.717) is 0 Å². The van der Waals surface area contributed by atoms with E-state index in [9.17, 15) is 9.59 Å². The molecule has 21 heavy (non-hydrogen) atoms. The Morgan fingerprint density at radius 2 is 2.10 bits per heavy atom. The molecule has 7 heteroatoms. The van der Waals surface area contributed by atoms with Crippen molar-refractivity contribution in [3.63, 3.8) is 0 Å². The van der Waals surface area contributed by atoms with Crippen molar-refractivity contribution < 1.29 is 9.53 Å². The Labute approximate surface area is 125 Å². The Bertz CT molecular complexity index is 723. The number of carbonyl (C=O) groups is 1. The summed E-state index contributed by atoms with van der Waals surface area (Å²) in [5, 5.41) is 4.22. The van der Waals surface area contributed by atoms with Gasteiger partial charge in [-0.15, -0.1) is 0 Å². The Hall–Kier alpha value is -2.54. The van der Waals surface area contributed by atoms with Crippen molar-refractivity contribution in [1.29, 1.82) is 0 Å². The van der Waals surface area contributed by atoms with Gasteiger partial charge < -0.3 is 4.74 Å². The maximum Gasteiger partial charge on any atom is 0.348 e. The molecule has 1 aromatic heterocycles. The summed E-state index contributed by atoms with van der Waals surface area (Å²) in [5.41, 5.74) is 4.18. The Balaban J connectivity index is 2.12. The summed E-state index contributed by atoms with van der Waals surface area (Å²) < 4.78 is 4.57. The number of anilines is 1. The van der Waals surface area contributed by atoms with Gasteiger partial charge in [0.2, 0.25) is 5.13 Å². The lowest BCUT2D eigenvalue weighted by Crippen LogP contribution is -2.10. The van der Waals surface area contributed by atoms with Gasteiger partial charge in [0.05, 0.1) is 13.3 Å². The van der Waals surface area contributed by atoms with E-state index in [-0.39, 0.29) is 10.0 Å². The van der Waals surface area contributed by atoms with Crippen molar-refractivity contribution in [2.45, 2.75) is 6.92 Å². The smallest absolute Gasteiger partial charge is 0.348 e. The average molecular weight is 303 g/mol. The number of nitrogens with one attached hydrogen (secondary N) is 1. The number of methoxy groups -OCH3 is 1. The summed E-state index contributed by atoms with van der Waals surface area (Å²) in [5.74, 6) is -0.579. The predicted molar refractivity (Wildman–Crippen MR) is 82.1 cm³/mol. The molecule has 108 valence electrons. The second-order valence-corrected chi connectivity index (χ2v) is 5.17. The van der Waals surface area contributed by atoms with Crippen molar-refractivity contribution in [1.82, 2.24) is 4.98 Å². The first-order valence-electron chi connectivity index (χ1n) is 6.05.